The van der Waals surface area contributed by atoms with Crippen molar-refractivity contribution in [2.45, 2.75) is 198 Å². The van der Waals surface area contributed by atoms with Crippen LogP contribution in [0.5, 0.6) is 0 Å². The molecular weight excluding hydrogens is 1460 g/mol. The molecule has 1 saturated heterocycles. The van der Waals surface area contributed by atoms with Crippen LogP contribution >= 0.6 is 11.8 Å². The van der Waals surface area contributed by atoms with E-state index in [9.17, 15) is 63.0 Å². The third kappa shape index (κ3) is 28.1. The van der Waals surface area contributed by atoms with Crippen molar-refractivity contribution in [1.29, 1.82) is 5.41 Å². The molecule has 19 N–H and O–H groups in total. The zero-order valence-electron chi connectivity index (χ0n) is 64.4. The molecule has 1 aliphatic heterocycles. The van der Waals surface area contributed by atoms with E-state index in [1.165, 1.54) is 23.6 Å². The van der Waals surface area contributed by atoms with Crippen LogP contribution in [0.1, 0.15) is 129 Å². The van der Waals surface area contributed by atoms with E-state index >= 15 is 14.4 Å². The summed E-state index contributed by atoms with van der Waals surface area (Å²) < 4.78 is 0. The van der Waals surface area contributed by atoms with Gasteiger partial charge >= 0.3 is 11.9 Å². The van der Waals surface area contributed by atoms with Crippen molar-refractivity contribution < 1.29 is 77.3 Å². The summed E-state index contributed by atoms with van der Waals surface area (Å²) in [4.78, 5) is 203. The molecule has 0 bridgehead atoms. The van der Waals surface area contributed by atoms with Crippen LogP contribution in [0.4, 0.5) is 0 Å². The van der Waals surface area contributed by atoms with Crippen LogP contribution in [0, 0.1) is 35.5 Å². The summed E-state index contributed by atoms with van der Waals surface area (Å²) in [7, 11) is 0. The van der Waals surface area contributed by atoms with Crippen LogP contribution in [-0.2, 0) is 86.4 Å². The van der Waals surface area contributed by atoms with Gasteiger partial charge in [-0.3, -0.25) is 72.5 Å². The number of nitrogens with one attached hydrogen (secondary N) is 15. The van der Waals surface area contributed by atoms with Crippen molar-refractivity contribution in [1.82, 2.24) is 78.7 Å². The number of carbonyl (C=O) groups excluding carboxylic acids is 12. The number of terminal acetylenes is 1. The normalized spacial score (nSPS) is 15.3. The molecule has 11 atom stereocenters. The van der Waals surface area contributed by atoms with Crippen LogP contribution in [-0.4, -0.2) is 212 Å². The van der Waals surface area contributed by atoms with E-state index in [1.807, 2.05) is 19.9 Å². The summed E-state index contributed by atoms with van der Waals surface area (Å²) in [5, 5.41) is 60.2. The molecule has 3 aromatic carbocycles. The molecule has 0 spiro atoms. The Morgan fingerprint density at radius 3 is 1.59 bits per heavy atom. The number of aromatic nitrogens is 2. The fourth-order valence-electron chi connectivity index (χ4n) is 12.9. The predicted octanol–water partition coefficient (Wildman–Crippen LogP) is 1.39. The fraction of sp³-hybridized carbons (Fsp3) is 0.500. The lowest BCUT2D eigenvalue weighted by molar-refractivity contribution is -0.143. The number of carboxylic acids is 2. The third-order valence-electron chi connectivity index (χ3n) is 18.7. The van der Waals surface area contributed by atoms with Gasteiger partial charge in [-0.25, -0.2) is 0 Å². The molecule has 0 radical (unpaired) electrons. The van der Waals surface area contributed by atoms with E-state index in [1.54, 1.807) is 119 Å². The van der Waals surface area contributed by atoms with Crippen LogP contribution in [0.3, 0.4) is 0 Å². The Morgan fingerprint density at radius 2 is 1.04 bits per heavy atom. The smallest absolute Gasteiger partial charge is 0.322 e. The molecule has 0 saturated carbocycles. The molecular formula is C78H107N17O16S. The first-order chi connectivity index (χ1) is 53.3. The molecule has 0 aliphatic carbocycles. The van der Waals surface area contributed by atoms with Gasteiger partial charge < -0.3 is 94.6 Å². The Kier molecular flexibility index (Phi) is 35.4. The van der Waals surface area contributed by atoms with E-state index < -0.39 is 168 Å². The average molecular weight is 1570 g/mol. The number of amides is 12. The van der Waals surface area contributed by atoms with Gasteiger partial charge in [-0.15, -0.1) is 12.3 Å². The lowest BCUT2D eigenvalue weighted by Gasteiger charge is -2.32. The second kappa shape index (κ2) is 44.4. The van der Waals surface area contributed by atoms with Crippen molar-refractivity contribution in [3.63, 3.8) is 0 Å². The monoisotopic (exact) mass is 1570 g/mol. The molecule has 606 valence electrons. The molecule has 34 heteroatoms. The van der Waals surface area contributed by atoms with Crippen LogP contribution in [0.25, 0.3) is 21.8 Å². The topological polar surface area (TPSA) is 508 Å². The number of aromatic amines is 2. The first-order valence-corrected chi connectivity index (χ1v) is 38.9. The minimum absolute atomic E-state index is 0.0205. The second-order valence-corrected chi connectivity index (χ2v) is 29.9. The van der Waals surface area contributed by atoms with E-state index in [2.05, 4.69) is 79.7 Å². The number of aliphatic carboxylic acids is 2. The number of likely N-dealkylation sites (tertiary alicyclic amines) is 1. The summed E-state index contributed by atoms with van der Waals surface area (Å²) in [5.74, 6) is -11.2. The molecule has 1 fully saturated rings. The Bertz CT molecular complexity index is 4180. The van der Waals surface area contributed by atoms with Crippen LogP contribution < -0.4 is 69.5 Å². The maximum absolute atomic E-state index is 15.1. The van der Waals surface area contributed by atoms with Crippen molar-refractivity contribution >= 4 is 122 Å². The number of H-pyrrole nitrogens is 2. The summed E-state index contributed by atoms with van der Waals surface area (Å²) >= 11 is 1.34. The molecule has 2 aromatic heterocycles. The third-order valence-corrected chi connectivity index (χ3v) is 19.3. The molecule has 1 aliphatic rings. The number of carbonyl (C=O) groups is 14. The van der Waals surface area contributed by atoms with E-state index in [4.69, 9.17) is 17.6 Å². The zero-order chi connectivity index (χ0) is 82.3. The maximum Gasteiger partial charge on any atom is 0.322 e. The average Bonchev–Trinajstić information content (AvgIpc) is 1.64. The summed E-state index contributed by atoms with van der Waals surface area (Å²) in [6.07, 6.45) is 9.67. The lowest BCUT2D eigenvalue weighted by atomic mass is 10.00. The summed E-state index contributed by atoms with van der Waals surface area (Å²) in [6.45, 7) is 11.3. The zero-order valence-corrected chi connectivity index (χ0v) is 65.2. The number of thioether (sulfide) groups is 1. The van der Waals surface area contributed by atoms with Crippen molar-refractivity contribution in [3.05, 3.63) is 108 Å². The van der Waals surface area contributed by atoms with E-state index in [-0.39, 0.29) is 107 Å². The minimum atomic E-state index is -1.79. The van der Waals surface area contributed by atoms with Crippen LogP contribution in [0.2, 0.25) is 0 Å². The number of guanidine groups is 1. The predicted molar refractivity (Wildman–Crippen MR) is 421 cm³/mol. The second-order valence-electron chi connectivity index (χ2n) is 29.0. The van der Waals surface area contributed by atoms with Crippen molar-refractivity contribution in [2.75, 3.05) is 31.6 Å². The summed E-state index contributed by atoms with van der Waals surface area (Å²) in [5.41, 5.74) is 8.79. The first kappa shape index (κ1) is 89.4. The van der Waals surface area contributed by atoms with Gasteiger partial charge in [0.25, 0.3) is 0 Å². The molecule has 33 nitrogen and oxygen atoms in total. The summed E-state index contributed by atoms with van der Waals surface area (Å²) in [6, 6.07) is 7.76. The fourth-order valence-corrected chi connectivity index (χ4v) is 13.4. The van der Waals surface area contributed by atoms with Gasteiger partial charge in [0.15, 0.2) is 5.96 Å². The molecule has 5 aromatic rings. The standard InChI is InChI=1S/C78H107N17O16S/c1-10-11-29-63(96)86-58(37-48-40-82-52-25-17-15-23-50(48)52)72(106)92-60(39-64(97)98)74(108)90-56(34-43(2)3)70(104)85-46(8)67(101)89-59(38-49-41-83-53-26-18-16-24-51(49)53)73(107)88-55(30-33-112-9)69(103)91-57(36-47-21-13-12-14-22-47)71(105)87-54(27-19-31-81-78(79)80)68(102)93-61(35-44(4)5)77(111)95-32-20-28-62(95)75(109)94-66(45(6)7)76(110)84-42-65(99)100/h1,12-18,21-26,40-41,43-46,54-62,66,82-83H,11,19-20,27-39,42H2,2-9H3,(H,84,110)(H,85,104)(H,86,96)(H,87,105)(H,88,107)(H,89,101)(H,90,108)(H,91,103)(H,92,106)(H,93,102)(H,94,109)(H,97,98)(H,99,100)(H4,79,80,81)/t46-,54-,55-,56-,57-,58-,59-,60-,61-,62-,66-/m0/s1. The molecule has 12 amide bonds. The van der Waals surface area contributed by atoms with Gasteiger partial charge in [0.1, 0.15) is 73.0 Å². The van der Waals surface area contributed by atoms with Gasteiger partial charge in [0.05, 0.1) is 6.42 Å². The van der Waals surface area contributed by atoms with Gasteiger partial charge in [-0.1, -0.05) is 108 Å². The lowest BCUT2D eigenvalue weighted by Crippen LogP contribution is -2.61. The highest BCUT2D eigenvalue weighted by Crippen LogP contribution is 2.24. The van der Waals surface area contributed by atoms with E-state index in [0.29, 0.717) is 34.0 Å². The number of carboxylic acid groups (broad SMARTS) is 2. The Balaban J connectivity index is 1.23. The number of nitrogens with zero attached hydrogens (tertiary/aromatic N) is 1. The minimum Gasteiger partial charge on any atom is -0.481 e. The highest BCUT2D eigenvalue weighted by Gasteiger charge is 2.42. The van der Waals surface area contributed by atoms with Gasteiger partial charge in [-0.05, 0) is 110 Å². The number of hydrogen-bond donors (Lipinski definition) is 18. The van der Waals surface area contributed by atoms with Gasteiger partial charge in [0.2, 0.25) is 70.9 Å². The SMILES string of the molecule is C#CCCC(=O)N[C@@H](Cc1c[nH]c2ccccc12)C(=O)N[C@@H](CC(=O)O)C(=O)N[C@@H](CC(C)C)C(=O)N[C@@H](C)C(=O)N[C@@H](Cc1c[nH]c2ccccc12)C(=O)N[C@@H](CCSC)C(=O)N[C@@H](Cc1ccccc1)C(=O)N[C@@H](CCCNC(=N)N)C(=O)N[C@@H](CC(C)C)C(=O)N1CCC[C@H]1C(=O)N[C@H](C(=O)NCC(=O)O)C(C)C. The number of fused-ring (bicyclic) bond motifs is 2. The van der Waals surface area contributed by atoms with Gasteiger partial charge in [-0.2, -0.15) is 11.8 Å². The quantitative estimate of drug-likeness (QED) is 0.0113. The maximum atomic E-state index is 15.1. The van der Waals surface area contributed by atoms with E-state index in [0.717, 1.165) is 10.9 Å². The van der Waals surface area contributed by atoms with Crippen molar-refractivity contribution in [2.24, 2.45) is 23.5 Å². The number of hydrogen-bond acceptors (Lipinski definition) is 16. The van der Waals surface area contributed by atoms with Crippen molar-refractivity contribution in [3.8, 4) is 12.3 Å². The molecule has 6 rings (SSSR count). The highest BCUT2D eigenvalue weighted by atomic mass is 32.2. The Morgan fingerprint density at radius 1 is 0.562 bits per heavy atom. The first-order valence-electron chi connectivity index (χ1n) is 37.5. The van der Waals surface area contributed by atoms with Gasteiger partial charge in [0, 0.05) is 79.4 Å². The number of nitrogens with two attached hydrogens (primary N) is 1. The Labute approximate surface area is 654 Å². The number of para-hydroxylation sites is 2. The highest BCUT2D eigenvalue weighted by molar-refractivity contribution is 7.98. The largest absolute Gasteiger partial charge is 0.481 e. The number of rotatable bonds is 45. The number of benzene rings is 3. The molecule has 0 unspecified atom stereocenters. The molecule has 112 heavy (non-hydrogen) atoms. The molecule has 3 heterocycles. The Hall–Kier alpha value is -11.5. The van der Waals surface area contributed by atoms with Crippen LogP contribution in [0.15, 0.2) is 91.3 Å².